The van der Waals surface area contributed by atoms with Gasteiger partial charge in [-0.15, -0.1) is 6.58 Å². The molecule has 4 rings (SSSR count). The third kappa shape index (κ3) is 9.15. The van der Waals surface area contributed by atoms with Crippen LogP contribution >= 0.6 is 0 Å². The number of Topliss-reactive ketones (excluding diaryl/α,β-unsaturated/α-hetero) is 4. The minimum Gasteiger partial charge on any atom is -0.332 e. The quantitative estimate of drug-likeness (QED) is 0.0974. The number of nitrogens with zero attached hydrogens (tertiary/aromatic N) is 1. The maximum atomic E-state index is 14.9. The van der Waals surface area contributed by atoms with Gasteiger partial charge in [0.1, 0.15) is 5.78 Å². The highest BCUT2D eigenvalue weighted by atomic mass is 32.2. The van der Waals surface area contributed by atoms with Crippen molar-refractivity contribution < 1.29 is 32.4 Å². The zero-order chi connectivity index (χ0) is 38.0. The van der Waals surface area contributed by atoms with Crippen molar-refractivity contribution in [1.29, 1.82) is 0 Å². The van der Waals surface area contributed by atoms with Crippen molar-refractivity contribution >= 4 is 38.9 Å². The summed E-state index contributed by atoms with van der Waals surface area (Å²) < 4.78 is 26.0. The molecule has 3 aliphatic carbocycles. The van der Waals surface area contributed by atoms with E-state index in [2.05, 4.69) is 27.4 Å². The highest BCUT2D eigenvalue weighted by Crippen LogP contribution is 2.65. The summed E-state index contributed by atoms with van der Waals surface area (Å²) in [4.78, 5) is 71.4. The molecule has 9 heteroatoms. The summed E-state index contributed by atoms with van der Waals surface area (Å²) in [7, 11) is -3.46. The van der Waals surface area contributed by atoms with E-state index < -0.39 is 54.9 Å². The molecule has 1 aliphatic heterocycles. The van der Waals surface area contributed by atoms with E-state index in [4.69, 9.17) is 0 Å². The van der Waals surface area contributed by atoms with Crippen molar-refractivity contribution in [2.75, 3.05) is 12.3 Å². The minimum atomic E-state index is -3.46. The maximum Gasteiger partial charge on any atom is 0.227 e. The number of fused-ring (bicyclic) bond motifs is 1. The minimum absolute atomic E-state index is 0.0136. The zero-order valence-corrected chi connectivity index (χ0v) is 33.6. The summed E-state index contributed by atoms with van der Waals surface area (Å²) in [6, 6.07) is -0.679. The predicted octanol–water partition coefficient (Wildman–Crippen LogP) is 8.05. The van der Waals surface area contributed by atoms with E-state index >= 15 is 0 Å². The number of hydrogen-bond donors (Lipinski definition) is 0. The van der Waals surface area contributed by atoms with E-state index in [1.807, 2.05) is 6.92 Å². The summed E-state index contributed by atoms with van der Waals surface area (Å²) in [6.45, 7) is 17.7. The smallest absolute Gasteiger partial charge is 0.227 e. The molecule has 0 radical (unpaired) electrons. The summed E-state index contributed by atoms with van der Waals surface area (Å²) in [6.07, 6.45) is 12.1. The second-order valence-corrected chi connectivity index (χ2v) is 21.5. The molecule has 1 saturated heterocycles. The van der Waals surface area contributed by atoms with Gasteiger partial charge in [0, 0.05) is 38.1 Å². The van der Waals surface area contributed by atoms with E-state index in [9.17, 15) is 32.4 Å². The molecule has 1 heterocycles. The molecule has 2 unspecified atom stereocenters. The van der Waals surface area contributed by atoms with E-state index in [0.29, 0.717) is 32.2 Å². The van der Waals surface area contributed by atoms with Crippen LogP contribution < -0.4 is 0 Å². The van der Waals surface area contributed by atoms with Gasteiger partial charge in [0.15, 0.2) is 21.4 Å². The Bertz CT molecular complexity index is 1440. The van der Waals surface area contributed by atoms with Crippen LogP contribution in [0.3, 0.4) is 0 Å². The molecule has 0 spiro atoms. The number of carbonyl (C=O) groups excluding carboxylic acids is 5. The van der Waals surface area contributed by atoms with E-state index in [1.165, 1.54) is 0 Å². The molecule has 0 N–H and O–H groups in total. The lowest BCUT2D eigenvalue weighted by Gasteiger charge is -2.41. The Labute approximate surface area is 308 Å². The second kappa shape index (κ2) is 16.1. The van der Waals surface area contributed by atoms with Crippen molar-refractivity contribution in [3.63, 3.8) is 0 Å². The van der Waals surface area contributed by atoms with Crippen molar-refractivity contribution in [3.8, 4) is 0 Å². The molecule has 0 aromatic rings. The molecule has 0 aromatic carbocycles. The van der Waals surface area contributed by atoms with Crippen LogP contribution in [0.25, 0.3) is 0 Å². The molecule has 3 saturated carbocycles. The van der Waals surface area contributed by atoms with Crippen LogP contribution in [0.1, 0.15) is 158 Å². The summed E-state index contributed by atoms with van der Waals surface area (Å²) in [5, 5.41) is 0. The molecule has 0 aromatic heterocycles. The Morgan fingerprint density at radius 1 is 0.922 bits per heavy atom. The summed E-state index contributed by atoms with van der Waals surface area (Å²) in [5.74, 6) is -2.48. The first-order chi connectivity index (χ1) is 23.7. The normalized spacial score (nSPS) is 26.2. The van der Waals surface area contributed by atoms with Crippen LogP contribution in [0, 0.1) is 39.9 Å². The van der Waals surface area contributed by atoms with Gasteiger partial charge in [-0.25, -0.2) is 8.42 Å². The number of rotatable bonds is 19. The first-order valence-corrected chi connectivity index (χ1v) is 21.6. The fraction of sp³-hybridized carbons (Fsp3) is 0.833. The first kappa shape index (κ1) is 41.6. The monoisotopic (exact) mass is 729 g/mol. The van der Waals surface area contributed by atoms with Gasteiger partial charge < -0.3 is 4.90 Å². The molecule has 4 fully saturated rings. The van der Waals surface area contributed by atoms with Crippen molar-refractivity contribution in [2.24, 2.45) is 39.9 Å². The van der Waals surface area contributed by atoms with Crippen molar-refractivity contribution in [3.05, 3.63) is 12.7 Å². The maximum absolute atomic E-state index is 14.9. The molecule has 51 heavy (non-hydrogen) atoms. The van der Waals surface area contributed by atoms with Gasteiger partial charge in [-0.2, -0.15) is 0 Å². The molecule has 4 aliphatic rings. The van der Waals surface area contributed by atoms with Crippen LogP contribution in [-0.2, 0) is 33.8 Å². The Morgan fingerprint density at radius 2 is 1.53 bits per heavy atom. The predicted molar refractivity (Wildman–Crippen MR) is 202 cm³/mol. The van der Waals surface area contributed by atoms with Crippen LogP contribution in [0.4, 0.5) is 0 Å². The van der Waals surface area contributed by atoms with Crippen molar-refractivity contribution in [1.82, 2.24) is 4.90 Å². The third-order valence-corrected chi connectivity index (χ3v) is 16.5. The Kier molecular flexibility index (Phi) is 13.1. The fourth-order valence-corrected chi connectivity index (χ4v) is 11.6. The number of carbonyl (C=O) groups is 5. The average molecular weight is 730 g/mol. The molecule has 5 atom stereocenters. The number of hydrogen-bond acceptors (Lipinski definition) is 7. The number of likely N-dealkylation sites (tertiary alicyclic amines) is 1. The van der Waals surface area contributed by atoms with Crippen LogP contribution in [0.2, 0.25) is 0 Å². The molecule has 1 amide bonds. The van der Waals surface area contributed by atoms with E-state index in [0.717, 1.165) is 57.8 Å². The molecular weight excluding hydrogens is 663 g/mol. The second-order valence-electron chi connectivity index (χ2n) is 18.8. The molecule has 288 valence electrons. The molecule has 0 bridgehead atoms. The fourth-order valence-electron chi connectivity index (χ4n) is 9.98. The lowest BCUT2D eigenvalue weighted by Crippen LogP contribution is -2.51. The zero-order valence-electron chi connectivity index (χ0n) is 32.8. The SMILES string of the molecule is C=CCCC(=O)C(=O)C(CCCC)CC(=O)[C@@H]1[C@@H]2C(CN1C(=O)[C@@H](CC(=O)CC1(CS(=O)(=O)C(C)(C)C)CCCCC1)C1(C)CCCC1)C2(C)C. The Balaban J connectivity index is 1.60. The Morgan fingerprint density at radius 3 is 2.10 bits per heavy atom. The molecular formula is C42H67NO7S. The van der Waals surface area contributed by atoms with Crippen LogP contribution in [0.5, 0.6) is 0 Å². The highest BCUT2D eigenvalue weighted by molar-refractivity contribution is 7.92. The number of unbranched alkanes of at least 4 members (excludes halogenated alkanes) is 1. The summed E-state index contributed by atoms with van der Waals surface area (Å²) >= 11 is 0. The number of sulfone groups is 1. The number of ketones is 4. The van der Waals surface area contributed by atoms with E-state index in [-0.39, 0.29) is 66.2 Å². The lowest BCUT2D eigenvalue weighted by molar-refractivity contribution is -0.149. The van der Waals surface area contributed by atoms with Crippen molar-refractivity contribution in [2.45, 2.75) is 168 Å². The highest BCUT2D eigenvalue weighted by Gasteiger charge is 2.69. The summed E-state index contributed by atoms with van der Waals surface area (Å²) in [5.41, 5.74) is -1.13. The molecule has 8 nitrogen and oxygen atoms in total. The lowest BCUT2D eigenvalue weighted by atomic mass is 9.68. The number of amides is 1. The van der Waals surface area contributed by atoms with Gasteiger partial charge in [-0.05, 0) is 87.4 Å². The third-order valence-electron chi connectivity index (χ3n) is 13.6. The van der Waals surface area contributed by atoms with Gasteiger partial charge in [-0.3, -0.25) is 24.0 Å². The standard InChI is InChI=1S/C42H67NO7S/c1-9-11-18-29(37(47)33(45)19-12-10-2)24-34(46)36-35-32(40(35,6)7)27-43(36)38(48)31(41(8)20-16-17-21-41)25-30(44)26-42(22-14-13-15-23-42)28-51(49,50)39(3,4)5/h10,29,31-32,35-36H,2,9,11-28H2,1,3-8H3/t29?,31-,32?,35+,36-/m1/s1. The van der Waals surface area contributed by atoms with Gasteiger partial charge >= 0.3 is 0 Å². The Hall–Kier alpha value is -2.16. The average Bonchev–Trinajstić information content (AvgIpc) is 3.42. The number of piperidine rings is 1. The van der Waals surface area contributed by atoms with Crippen LogP contribution in [-0.4, -0.2) is 65.4 Å². The van der Waals surface area contributed by atoms with E-state index in [1.54, 1.807) is 31.7 Å². The largest absolute Gasteiger partial charge is 0.332 e. The topological polar surface area (TPSA) is 123 Å². The van der Waals surface area contributed by atoms with Gasteiger partial charge in [0.2, 0.25) is 11.7 Å². The first-order valence-electron chi connectivity index (χ1n) is 20.0. The van der Waals surface area contributed by atoms with Crippen LogP contribution in [0.15, 0.2) is 12.7 Å². The van der Waals surface area contributed by atoms with Gasteiger partial charge in [-0.1, -0.05) is 78.7 Å². The van der Waals surface area contributed by atoms with Gasteiger partial charge in [0.25, 0.3) is 0 Å². The van der Waals surface area contributed by atoms with Gasteiger partial charge in [0.05, 0.1) is 22.5 Å². The number of allylic oxidation sites excluding steroid dienone is 1.